The Morgan fingerprint density at radius 1 is 1.31 bits per heavy atom. The Hall–Kier alpha value is -2.04. The SMILES string of the molecule is CC(C)n1nccc1-c1cnc(N)c(N)c1. The average Bonchev–Trinajstić information content (AvgIpc) is 2.71. The third kappa shape index (κ3) is 1.71. The van der Waals surface area contributed by atoms with E-state index in [-0.39, 0.29) is 0 Å². The quantitative estimate of drug-likeness (QED) is 0.801. The molecule has 2 heterocycles. The molecule has 4 N–H and O–H groups in total. The van der Waals surface area contributed by atoms with Crippen molar-refractivity contribution >= 4 is 11.5 Å². The maximum atomic E-state index is 5.74. The van der Waals surface area contributed by atoms with Crippen LogP contribution >= 0.6 is 0 Å². The van der Waals surface area contributed by atoms with Gasteiger partial charge < -0.3 is 11.5 Å². The first-order valence-corrected chi connectivity index (χ1v) is 5.14. The summed E-state index contributed by atoms with van der Waals surface area (Å²) in [5, 5.41) is 4.26. The zero-order chi connectivity index (χ0) is 11.7. The van der Waals surface area contributed by atoms with E-state index in [9.17, 15) is 0 Å². The lowest BCUT2D eigenvalue weighted by atomic mass is 10.2. The van der Waals surface area contributed by atoms with Crippen molar-refractivity contribution in [2.45, 2.75) is 19.9 Å². The van der Waals surface area contributed by atoms with Crippen molar-refractivity contribution in [1.82, 2.24) is 14.8 Å². The second kappa shape index (κ2) is 3.84. The topological polar surface area (TPSA) is 82.8 Å². The molecular formula is C11H15N5. The largest absolute Gasteiger partial charge is 0.396 e. The molecule has 0 fully saturated rings. The van der Waals surface area contributed by atoms with Crippen LogP contribution in [0.15, 0.2) is 24.5 Å². The molecule has 0 aliphatic carbocycles. The third-order valence-corrected chi connectivity index (χ3v) is 2.40. The lowest BCUT2D eigenvalue weighted by Crippen LogP contribution is -2.05. The van der Waals surface area contributed by atoms with Crippen LogP contribution in [0.1, 0.15) is 19.9 Å². The van der Waals surface area contributed by atoms with Crippen LogP contribution < -0.4 is 11.5 Å². The maximum Gasteiger partial charge on any atom is 0.146 e. The highest BCUT2D eigenvalue weighted by Crippen LogP contribution is 2.24. The van der Waals surface area contributed by atoms with E-state index in [2.05, 4.69) is 23.9 Å². The fraction of sp³-hybridized carbons (Fsp3) is 0.273. The molecule has 0 unspecified atom stereocenters. The zero-order valence-corrected chi connectivity index (χ0v) is 9.38. The van der Waals surface area contributed by atoms with Gasteiger partial charge in [0.25, 0.3) is 0 Å². The Kier molecular flexibility index (Phi) is 2.52. The molecule has 0 aliphatic heterocycles. The maximum absolute atomic E-state index is 5.74. The second-order valence-electron chi connectivity index (χ2n) is 3.95. The molecule has 5 nitrogen and oxygen atoms in total. The van der Waals surface area contributed by atoms with E-state index in [0.717, 1.165) is 11.3 Å². The van der Waals surface area contributed by atoms with Gasteiger partial charge in [0.05, 0.1) is 11.4 Å². The van der Waals surface area contributed by atoms with E-state index in [1.807, 2.05) is 16.8 Å². The van der Waals surface area contributed by atoms with Crippen LogP contribution in [0.5, 0.6) is 0 Å². The number of nitrogens with two attached hydrogens (primary N) is 2. The molecule has 0 spiro atoms. The van der Waals surface area contributed by atoms with Crippen molar-refractivity contribution in [3.8, 4) is 11.3 Å². The minimum absolute atomic E-state index is 0.295. The first-order valence-electron chi connectivity index (χ1n) is 5.14. The molecular weight excluding hydrogens is 202 g/mol. The van der Waals surface area contributed by atoms with Gasteiger partial charge in [-0.25, -0.2) is 4.98 Å². The standard InChI is InChI=1S/C11H15N5/c1-7(2)16-10(3-4-15-16)8-5-9(12)11(13)14-6-8/h3-7H,12H2,1-2H3,(H2,13,14). The summed E-state index contributed by atoms with van der Waals surface area (Å²) in [6, 6.07) is 4.05. The van der Waals surface area contributed by atoms with Gasteiger partial charge in [-0.2, -0.15) is 5.10 Å². The smallest absolute Gasteiger partial charge is 0.146 e. The Bertz CT molecular complexity index is 501. The van der Waals surface area contributed by atoms with Crippen LogP contribution in [0.3, 0.4) is 0 Å². The van der Waals surface area contributed by atoms with Crippen molar-refractivity contribution in [1.29, 1.82) is 0 Å². The molecule has 0 amide bonds. The average molecular weight is 217 g/mol. The lowest BCUT2D eigenvalue weighted by molar-refractivity contribution is 0.538. The van der Waals surface area contributed by atoms with Gasteiger partial charge in [-0.1, -0.05) is 0 Å². The van der Waals surface area contributed by atoms with Crippen LogP contribution in [0, 0.1) is 0 Å². The predicted molar refractivity (Wildman–Crippen MR) is 64.7 cm³/mol. The number of rotatable bonds is 2. The number of nitrogens with zero attached hydrogens (tertiary/aromatic N) is 3. The Balaban J connectivity index is 2.50. The van der Waals surface area contributed by atoms with Crippen LogP contribution in [0.25, 0.3) is 11.3 Å². The highest BCUT2D eigenvalue weighted by atomic mass is 15.3. The van der Waals surface area contributed by atoms with Gasteiger partial charge in [-0.05, 0) is 26.0 Å². The van der Waals surface area contributed by atoms with Crippen molar-refractivity contribution in [2.24, 2.45) is 0 Å². The first kappa shape index (κ1) is 10.5. The van der Waals surface area contributed by atoms with Gasteiger partial charge >= 0.3 is 0 Å². The molecule has 2 aromatic rings. The number of hydrogen-bond donors (Lipinski definition) is 2. The van der Waals surface area contributed by atoms with E-state index in [4.69, 9.17) is 11.5 Å². The highest BCUT2D eigenvalue weighted by Gasteiger charge is 2.09. The molecule has 5 heteroatoms. The monoisotopic (exact) mass is 217 g/mol. The summed E-state index contributed by atoms with van der Waals surface area (Å²) in [5.74, 6) is 0.361. The van der Waals surface area contributed by atoms with Crippen molar-refractivity contribution < 1.29 is 0 Å². The summed E-state index contributed by atoms with van der Waals surface area (Å²) in [4.78, 5) is 4.05. The molecule has 0 aromatic carbocycles. The van der Waals surface area contributed by atoms with Gasteiger partial charge in [0.1, 0.15) is 5.82 Å². The normalized spacial score (nSPS) is 10.9. The minimum atomic E-state index is 0.295. The second-order valence-corrected chi connectivity index (χ2v) is 3.95. The van der Waals surface area contributed by atoms with Gasteiger partial charge in [0.2, 0.25) is 0 Å². The zero-order valence-electron chi connectivity index (χ0n) is 9.38. The molecule has 0 bridgehead atoms. The number of anilines is 2. The van der Waals surface area contributed by atoms with Crippen LogP contribution in [0.4, 0.5) is 11.5 Å². The Labute approximate surface area is 94.1 Å². The van der Waals surface area contributed by atoms with Gasteiger partial charge in [0.15, 0.2) is 0 Å². The van der Waals surface area contributed by atoms with E-state index in [0.29, 0.717) is 17.5 Å². The van der Waals surface area contributed by atoms with Gasteiger partial charge in [-0.3, -0.25) is 4.68 Å². The Morgan fingerprint density at radius 2 is 2.06 bits per heavy atom. The first-order chi connectivity index (χ1) is 7.59. The van der Waals surface area contributed by atoms with Crippen LogP contribution in [-0.2, 0) is 0 Å². The number of pyridine rings is 1. The van der Waals surface area contributed by atoms with E-state index in [1.54, 1.807) is 12.4 Å². The van der Waals surface area contributed by atoms with Gasteiger partial charge in [0, 0.05) is 24.0 Å². The van der Waals surface area contributed by atoms with Crippen LogP contribution in [-0.4, -0.2) is 14.8 Å². The van der Waals surface area contributed by atoms with E-state index >= 15 is 0 Å². The summed E-state index contributed by atoms with van der Waals surface area (Å²) in [6.45, 7) is 4.15. The fourth-order valence-electron chi connectivity index (χ4n) is 1.59. The number of hydrogen-bond acceptors (Lipinski definition) is 4. The van der Waals surface area contributed by atoms with Crippen molar-refractivity contribution in [3.63, 3.8) is 0 Å². The summed E-state index contributed by atoms with van der Waals surface area (Å²) in [6.07, 6.45) is 3.48. The molecule has 2 rings (SSSR count). The summed E-state index contributed by atoms with van der Waals surface area (Å²) >= 11 is 0. The molecule has 0 atom stereocenters. The van der Waals surface area contributed by atoms with E-state index in [1.165, 1.54) is 0 Å². The molecule has 0 saturated carbocycles. The lowest BCUT2D eigenvalue weighted by Gasteiger charge is -2.11. The van der Waals surface area contributed by atoms with E-state index < -0.39 is 0 Å². The van der Waals surface area contributed by atoms with Gasteiger partial charge in [-0.15, -0.1) is 0 Å². The molecule has 0 saturated heterocycles. The third-order valence-electron chi connectivity index (χ3n) is 2.40. The molecule has 0 radical (unpaired) electrons. The minimum Gasteiger partial charge on any atom is -0.396 e. The molecule has 2 aromatic heterocycles. The summed E-state index contributed by atoms with van der Waals surface area (Å²) in [5.41, 5.74) is 13.7. The molecule has 0 aliphatic rings. The predicted octanol–water partition coefficient (Wildman–Crippen LogP) is 1.69. The van der Waals surface area contributed by atoms with Crippen molar-refractivity contribution in [2.75, 3.05) is 11.5 Å². The summed E-state index contributed by atoms with van der Waals surface area (Å²) < 4.78 is 1.92. The Morgan fingerprint density at radius 3 is 2.69 bits per heavy atom. The number of nitrogen functional groups attached to an aromatic ring is 2. The fourth-order valence-corrected chi connectivity index (χ4v) is 1.59. The number of aromatic nitrogens is 3. The van der Waals surface area contributed by atoms with Crippen molar-refractivity contribution in [3.05, 3.63) is 24.5 Å². The molecule has 16 heavy (non-hydrogen) atoms. The van der Waals surface area contributed by atoms with Crippen LogP contribution in [0.2, 0.25) is 0 Å². The summed E-state index contributed by atoms with van der Waals surface area (Å²) in [7, 11) is 0. The molecule has 84 valence electrons. The highest BCUT2D eigenvalue weighted by molar-refractivity contribution is 5.69.